The summed E-state index contributed by atoms with van der Waals surface area (Å²) >= 11 is -1.46. The molecule has 0 rings (SSSR count). The van der Waals surface area contributed by atoms with Crippen molar-refractivity contribution in [2.45, 2.75) is 11.5 Å². The van der Waals surface area contributed by atoms with Gasteiger partial charge in [0.15, 0.2) is 0 Å². The van der Waals surface area contributed by atoms with E-state index in [1.54, 1.807) is 0 Å². The molecule has 0 bridgehead atoms. The minimum absolute atomic E-state index is 1.33. The average molecular weight is 219 g/mol. The van der Waals surface area contributed by atoms with Gasteiger partial charge in [0.2, 0.25) is 0 Å². The maximum atomic E-state index is 2.49. The Hall–Kier alpha value is 0.463. The maximum absolute atomic E-state index is 2.49. The molecule has 0 aromatic rings. The first kappa shape index (κ1) is 11.5. The molecule has 0 spiro atoms. The van der Waals surface area contributed by atoms with Crippen LogP contribution in [0.2, 0.25) is 11.5 Å². The van der Waals surface area contributed by atoms with Crippen molar-refractivity contribution in [3.63, 3.8) is 0 Å². The summed E-state index contributed by atoms with van der Waals surface area (Å²) in [6.45, 7) is 0. The van der Waals surface area contributed by atoms with Gasteiger partial charge in [-0.2, -0.15) is 0 Å². The Morgan fingerprint density at radius 2 is 1.09 bits per heavy atom. The summed E-state index contributed by atoms with van der Waals surface area (Å²) < 4.78 is 0. The van der Waals surface area contributed by atoms with E-state index in [2.05, 4.69) is 49.5 Å². The van der Waals surface area contributed by atoms with Crippen LogP contribution in [0.5, 0.6) is 0 Å². The van der Waals surface area contributed by atoms with Crippen LogP contribution in [-0.2, 0) is 0 Å². The Morgan fingerprint density at radius 3 is 1.27 bits per heavy atom. The second kappa shape index (κ2) is 4.48. The molecule has 68 valence electrons. The zero-order valence-corrected chi connectivity index (χ0v) is 10.9. The van der Waals surface area contributed by atoms with Gasteiger partial charge in [0.05, 0.1) is 0 Å². The molecule has 0 fully saturated rings. The van der Waals surface area contributed by atoms with Crippen molar-refractivity contribution in [2.75, 3.05) is 38.9 Å². The van der Waals surface area contributed by atoms with Gasteiger partial charge >= 0.3 is 73.5 Å². The van der Waals surface area contributed by atoms with E-state index in [-0.39, 0.29) is 0 Å². The number of hydrogen-bond acceptors (Lipinski definition) is 2. The molecular weight excluding hydrogens is 197 g/mol. The normalized spacial score (nSPS) is 13.1. The SMILES string of the molecule is CN(C)[CH2][Ge]([CH3])([CH3])[CH2]N(C)C. The first-order valence-electron chi connectivity index (χ1n) is 4.13. The summed E-state index contributed by atoms with van der Waals surface area (Å²) in [6, 6.07) is 0. The fraction of sp³-hybridized carbons (Fsp3) is 1.00. The number of rotatable bonds is 4. The zero-order valence-electron chi connectivity index (χ0n) is 8.81. The first-order valence-corrected chi connectivity index (χ1v) is 11.3. The molecule has 0 atom stereocenters. The van der Waals surface area contributed by atoms with Crippen LogP contribution in [0.3, 0.4) is 0 Å². The Morgan fingerprint density at radius 1 is 0.818 bits per heavy atom. The van der Waals surface area contributed by atoms with E-state index in [1.165, 1.54) is 10.8 Å². The topological polar surface area (TPSA) is 6.48 Å². The molecule has 0 N–H and O–H groups in total. The molecule has 0 saturated heterocycles. The van der Waals surface area contributed by atoms with Gasteiger partial charge in [-0.3, -0.25) is 0 Å². The second-order valence-corrected chi connectivity index (χ2v) is 15.0. The van der Waals surface area contributed by atoms with E-state index in [0.29, 0.717) is 0 Å². The minimum atomic E-state index is -1.46. The molecule has 0 saturated carbocycles. The molecule has 0 amide bonds. The molecule has 0 aliphatic carbocycles. The third-order valence-corrected chi connectivity index (χ3v) is 7.73. The van der Waals surface area contributed by atoms with Crippen LogP contribution in [0, 0.1) is 0 Å². The van der Waals surface area contributed by atoms with Crippen LogP contribution in [0.25, 0.3) is 0 Å². The van der Waals surface area contributed by atoms with Crippen molar-refractivity contribution < 1.29 is 0 Å². The molecule has 0 aromatic heterocycles. The Labute approximate surface area is 73.9 Å². The molecule has 11 heavy (non-hydrogen) atoms. The van der Waals surface area contributed by atoms with Gasteiger partial charge < -0.3 is 0 Å². The Balaban J connectivity index is 3.79. The van der Waals surface area contributed by atoms with Gasteiger partial charge in [0.25, 0.3) is 0 Å². The van der Waals surface area contributed by atoms with Crippen LogP contribution in [0.1, 0.15) is 0 Å². The monoisotopic (exact) mass is 220 g/mol. The molecule has 3 heteroatoms. The van der Waals surface area contributed by atoms with Gasteiger partial charge in [0, 0.05) is 0 Å². The van der Waals surface area contributed by atoms with E-state index in [9.17, 15) is 0 Å². The quantitative estimate of drug-likeness (QED) is 0.648. The molecule has 0 aliphatic rings. The summed E-state index contributed by atoms with van der Waals surface area (Å²) in [7, 11) is 8.68. The van der Waals surface area contributed by atoms with Crippen molar-refractivity contribution in [3.8, 4) is 0 Å². The van der Waals surface area contributed by atoms with E-state index in [0.717, 1.165) is 0 Å². The first-order chi connectivity index (χ1) is 4.83. The van der Waals surface area contributed by atoms with Gasteiger partial charge in [-0.05, 0) is 0 Å². The van der Waals surface area contributed by atoms with Gasteiger partial charge in [-0.1, -0.05) is 0 Å². The number of nitrogens with zero attached hydrogens (tertiary/aromatic N) is 2. The molecular formula is C8H22GeN2. The molecule has 0 radical (unpaired) electrons. The summed E-state index contributed by atoms with van der Waals surface area (Å²) in [4.78, 5) is 4.65. The Kier molecular flexibility index (Phi) is 4.67. The summed E-state index contributed by atoms with van der Waals surface area (Å²) in [6.07, 6.45) is 0. The molecule has 2 nitrogen and oxygen atoms in total. The van der Waals surface area contributed by atoms with Crippen molar-refractivity contribution in [3.05, 3.63) is 0 Å². The summed E-state index contributed by atoms with van der Waals surface area (Å²) in [5.74, 6) is 4.97. The van der Waals surface area contributed by atoms with Gasteiger partial charge in [0.1, 0.15) is 0 Å². The van der Waals surface area contributed by atoms with Crippen molar-refractivity contribution >= 4 is 13.3 Å². The van der Waals surface area contributed by atoms with Crippen LogP contribution in [0.4, 0.5) is 0 Å². The Bertz CT molecular complexity index is 98.7. The molecule has 0 aliphatic heterocycles. The molecule has 0 heterocycles. The third kappa shape index (κ3) is 6.85. The van der Waals surface area contributed by atoms with Crippen molar-refractivity contribution in [1.29, 1.82) is 0 Å². The van der Waals surface area contributed by atoms with Crippen LogP contribution in [-0.4, -0.2) is 62.0 Å². The predicted molar refractivity (Wildman–Crippen MR) is 54.6 cm³/mol. The van der Waals surface area contributed by atoms with Gasteiger partial charge in [-0.15, -0.1) is 0 Å². The standard InChI is InChI=1S/C8H22GeN2/c1-9(2,7-10(3)4)8-11(5)6/h7-8H2,1-6H3. The molecule has 0 unspecified atom stereocenters. The van der Waals surface area contributed by atoms with Crippen molar-refractivity contribution in [1.82, 2.24) is 9.80 Å². The van der Waals surface area contributed by atoms with E-state index >= 15 is 0 Å². The average Bonchev–Trinajstić information content (AvgIpc) is 1.53. The fourth-order valence-electron chi connectivity index (χ4n) is 1.76. The summed E-state index contributed by atoms with van der Waals surface area (Å²) in [5, 5.41) is 2.66. The van der Waals surface area contributed by atoms with E-state index < -0.39 is 13.3 Å². The van der Waals surface area contributed by atoms with E-state index in [4.69, 9.17) is 0 Å². The van der Waals surface area contributed by atoms with Crippen LogP contribution in [0.15, 0.2) is 0 Å². The number of hydrogen-bond donors (Lipinski definition) is 0. The zero-order chi connectivity index (χ0) is 9.07. The fourth-order valence-corrected chi connectivity index (χ4v) is 9.16. The van der Waals surface area contributed by atoms with Gasteiger partial charge in [-0.25, -0.2) is 0 Å². The van der Waals surface area contributed by atoms with Crippen molar-refractivity contribution in [2.24, 2.45) is 0 Å². The van der Waals surface area contributed by atoms with Crippen LogP contribution >= 0.6 is 0 Å². The predicted octanol–water partition coefficient (Wildman–Crippen LogP) is 0.896. The second-order valence-electron chi connectivity index (χ2n) is 4.64. The van der Waals surface area contributed by atoms with E-state index in [1.807, 2.05) is 0 Å². The summed E-state index contributed by atoms with van der Waals surface area (Å²) in [5.41, 5.74) is 0. The third-order valence-electron chi connectivity index (χ3n) is 1.49. The molecule has 0 aromatic carbocycles. The van der Waals surface area contributed by atoms with Crippen LogP contribution < -0.4 is 0 Å².